The summed E-state index contributed by atoms with van der Waals surface area (Å²) in [4.78, 5) is 25.1. The maximum absolute atomic E-state index is 14.0. The van der Waals surface area contributed by atoms with E-state index in [4.69, 9.17) is 0 Å². The normalized spacial score (nSPS) is 29.7. The second-order valence-electron chi connectivity index (χ2n) is 4.95. The van der Waals surface area contributed by atoms with E-state index in [1.165, 1.54) is 13.2 Å². The number of methoxy groups -OCH3 is 1. The van der Waals surface area contributed by atoms with Gasteiger partial charge in [-0.05, 0) is 6.08 Å². The number of halogens is 1. The molecule has 0 radical (unpaired) electrons. The minimum atomic E-state index is -0.938. The molecule has 1 saturated heterocycles. The first-order chi connectivity index (χ1) is 8.95. The van der Waals surface area contributed by atoms with Crippen LogP contribution in [0.2, 0.25) is 0 Å². The van der Waals surface area contributed by atoms with Crippen molar-refractivity contribution in [1.82, 2.24) is 10.2 Å². The smallest absolute Gasteiger partial charge is 0.318 e. The molecule has 1 aliphatic carbocycles. The molecule has 0 aromatic carbocycles. The molecule has 1 fully saturated rings. The van der Waals surface area contributed by atoms with E-state index >= 15 is 0 Å². The first-order valence-corrected chi connectivity index (χ1v) is 6.07. The van der Waals surface area contributed by atoms with E-state index in [2.05, 4.69) is 10.1 Å². The Morgan fingerprint density at radius 2 is 2.21 bits per heavy atom. The van der Waals surface area contributed by atoms with Crippen molar-refractivity contribution in [3.63, 3.8) is 0 Å². The SMILES string of the molecule is COC(=O)[C@@H]1C(=O)NCC1C1C=C(N(C)C)C=C1F. The molecule has 0 spiro atoms. The van der Waals surface area contributed by atoms with E-state index in [1.54, 1.807) is 11.0 Å². The number of hydrogen-bond acceptors (Lipinski definition) is 4. The number of carbonyl (C=O) groups excluding carboxylic acids is 2. The van der Waals surface area contributed by atoms with Gasteiger partial charge in [-0.1, -0.05) is 6.08 Å². The third-order valence-electron chi connectivity index (χ3n) is 3.61. The van der Waals surface area contributed by atoms with E-state index in [0.717, 1.165) is 5.70 Å². The molecule has 104 valence electrons. The van der Waals surface area contributed by atoms with Crippen LogP contribution in [0, 0.1) is 17.8 Å². The average molecular weight is 268 g/mol. The predicted octanol–water partition coefficient (Wildman–Crippen LogP) is 0.450. The number of hydrogen-bond donors (Lipinski definition) is 1. The van der Waals surface area contributed by atoms with Gasteiger partial charge in [0.05, 0.1) is 7.11 Å². The van der Waals surface area contributed by atoms with Gasteiger partial charge in [0.25, 0.3) is 0 Å². The molecule has 5 nitrogen and oxygen atoms in total. The topological polar surface area (TPSA) is 58.6 Å². The molecule has 1 heterocycles. The van der Waals surface area contributed by atoms with Crippen molar-refractivity contribution >= 4 is 11.9 Å². The summed E-state index contributed by atoms with van der Waals surface area (Å²) in [5, 5.41) is 2.60. The Balaban J connectivity index is 2.25. The number of ether oxygens (including phenoxy) is 1. The van der Waals surface area contributed by atoms with Gasteiger partial charge in [0, 0.05) is 38.2 Å². The third kappa shape index (κ3) is 2.34. The first-order valence-electron chi connectivity index (χ1n) is 6.07. The molecule has 2 unspecified atom stereocenters. The van der Waals surface area contributed by atoms with Crippen LogP contribution < -0.4 is 5.32 Å². The minimum Gasteiger partial charge on any atom is -0.468 e. The van der Waals surface area contributed by atoms with Crippen molar-refractivity contribution in [2.24, 2.45) is 17.8 Å². The van der Waals surface area contributed by atoms with Crippen LogP contribution in [0.25, 0.3) is 0 Å². The molecular formula is C13H17FN2O3. The second kappa shape index (κ2) is 5.03. The molecule has 19 heavy (non-hydrogen) atoms. The number of likely N-dealkylation sites (N-methyl/N-ethyl adjacent to an activating group) is 1. The molecular weight excluding hydrogens is 251 g/mol. The van der Waals surface area contributed by atoms with Gasteiger partial charge in [-0.2, -0.15) is 0 Å². The van der Waals surface area contributed by atoms with E-state index < -0.39 is 29.6 Å². The molecule has 0 bridgehead atoms. The molecule has 0 aromatic heterocycles. The highest BCUT2D eigenvalue weighted by molar-refractivity contribution is 5.99. The third-order valence-corrected chi connectivity index (χ3v) is 3.61. The summed E-state index contributed by atoms with van der Waals surface area (Å²) in [7, 11) is 4.86. The lowest BCUT2D eigenvalue weighted by atomic mass is 9.84. The lowest BCUT2D eigenvalue weighted by molar-refractivity contribution is -0.150. The minimum absolute atomic E-state index is 0.279. The molecule has 1 N–H and O–H groups in total. The molecule has 2 aliphatic rings. The first kappa shape index (κ1) is 13.6. The maximum atomic E-state index is 14.0. The number of esters is 1. The van der Waals surface area contributed by atoms with Crippen molar-refractivity contribution in [2.75, 3.05) is 27.7 Å². The number of allylic oxidation sites excluding steroid dienone is 3. The number of carbonyl (C=O) groups is 2. The van der Waals surface area contributed by atoms with Gasteiger partial charge >= 0.3 is 5.97 Å². The fourth-order valence-electron chi connectivity index (χ4n) is 2.54. The van der Waals surface area contributed by atoms with Crippen LogP contribution in [0.15, 0.2) is 23.7 Å². The molecule has 1 amide bonds. The summed E-state index contributed by atoms with van der Waals surface area (Å²) in [5.41, 5.74) is 0.741. The van der Waals surface area contributed by atoms with Crippen molar-refractivity contribution < 1.29 is 18.7 Å². The molecule has 1 aliphatic heterocycles. The van der Waals surface area contributed by atoms with Gasteiger partial charge in [-0.25, -0.2) is 4.39 Å². The van der Waals surface area contributed by atoms with Crippen LogP contribution in [0.1, 0.15) is 0 Å². The Morgan fingerprint density at radius 1 is 1.53 bits per heavy atom. The van der Waals surface area contributed by atoms with Gasteiger partial charge in [0.1, 0.15) is 11.7 Å². The lowest BCUT2D eigenvalue weighted by Crippen LogP contribution is -2.31. The van der Waals surface area contributed by atoms with Gasteiger partial charge in [0.15, 0.2) is 0 Å². The van der Waals surface area contributed by atoms with Crippen molar-refractivity contribution in [1.29, 1.82) is 0 Å². The zero-order valence-electron chi connectivity index (χ0n) is 11.1. The fourth-order valence-corrected chi connectivity index (χ4v) is 2.54. The van der Waals surface area contributed by atoms with E-state index in [1.807, 2.05) is 14.1 Å². The monoisotopic (exact) mass is 268 g/mol. The van der Waals surface area contributed by atoms with Crippen molar-refractivity contribution in [3.8, 4) is 0 Å². The Kier molecular flexibility index (Phi) is 3.59. The summed E-state index contributed by atoms with van der Waals surface area (Å²) in [6.07, 6.45) is 3.18. The molecule has 3 atom stereocenters. The standard InChI is InChI=1S/C13H17FN2O3/c1-16(2)7-4-8(10(14)5-7)9-6-15-12(17)11(9)13(18)19-3/h4-5,8-9,11H,6H2,1-3H3,(H,15,17)/t8?,9?,11-/m0/s1. The highest BCUT2D eigenvalue weighted by atomic mass is 19.1. The van der Waals surface area contributed by atoms with Crippen LogP contribution in [-0.4, -0.2) is 44.5 Å². The van der Waals surface area contributed by atoms with Crippen LogP contribution in [0.3, 0.4) is 0 Å². The van der Waals surface area contributed by atoms with Crippen molar-refractivity contribution in [2.45, 2.75) is 0 Å². The summed E-state index contributed by atoms with van der Waals surface area (Å²) in [6.45, 7) is 0.279. The zero-order chi connectivity index (χ0) is 14.2. The summed E-state index contributed by atoms with van der Waals surface area (Å²) < 4.78 is 18.6. The number of rotatable bonds is 3. The number of nitrogens with zero attached hydrogens (tertiary/aromatic N) is 1. The molecule has 6 heteroatoms. The predicted molar refractivity (Wildman–Crippen MR) is 66.5 cm³/mol. The Labute approximate surface area is 111 Å². The maximum Gasteiger partial charge on any atom is 0.318 e. The zero-order valence-corrected chi connectivity index (χ0v) is 11.1. The summed E-state index contributed by atoms with van der Waals surface area (Å²) in [6, 6.07) is 0. The van der Waals surface area contributed by atoms with Crippen LogP contribution >= 0.6 is 0 Å². The Morgan fingerprint density at radius 3 is 2.74 bits per heavy atom. The summed E-state index contributed by atoms with van der Waals surface area (Å²) >= 11 is 0. The largest absolute Gasteiger partial charge is 0.468 e. The highest BCUT2D eigenvalue weighted by Gasteiger charge is 2.46. The van der Waals surface area contributed by atoms with Crippen LogP contribution in [0.5, 0.6) is 0 Å². The highest BCUT2D eigenvalue weighted by Crippen LogP contribution is 2.38. The molecule has 0 saturated carbocycles. The van der Waals surface area contributed by atoms with E-state index in [9.17, 15) is 14.0 Å². The van der Waals surface area contributed by atoms with Gasteiger partial charge in [0.2, 0.25) is 5.91 Å². The van der Waals surface area contributed by atoms with Gasteiger partial charge in [-0.3, -0.25) is 9.59 Å². The Bertz CT molecular complexity index is 471. The van der Waals surface area contributed by atoms with E-state index in [0.29, 0.717) is 0 Å². The lowest BCUT2D eigenvalue weighted by Gasteiger charge is -2.19. The van der Waals surface area contributed by atoms with Crippen LogP contribution in [-0.2, 0) is 14.3 Å². The summed E-state index contributed by atoms with van der Waals surface area (Å²) in [5.74, 6) is -3.25. The number of amides is 1. The quantitative estimate of drug-likeness (QED) is 0.596. The number of nitrogens with one attached hydrogen (secondary N) is 1. The van der Waals surface area contributed by atoms with E-state index in [-0.39, 0.29) is 12.4 Å². The molecule has 2 rings (SSSR count). The second-order valence-corrected chi connectivity index (χ2v) is 4.95. The van der Waals surface area contributed by atoms with Gasteiger partial charge in [-0.15, -0.1) is 0 Å². The van der Waals surface area contributed by atoms with Crippen LogP contribution in [0.4, 0.5) is 4.39 Å². The molecule has 0 aromatic rings. The van der Waals surface area contributed by atoms with Gasteiger partial charge < -0.3 is 15.0 Å². The van der Waals surface area contributed by atoms with Crippen molar-refractivity contribution in [3.05, 3.63) is 23.7 Å². The fraction of sp³-hybridized carbons (Fsp3) is 0.538. The average Bonchev–Trinajstić information content (AvgIpc) is 2.91. The Hall–Kier alpha value is -1.85.